The molecule has 0 radical (unpaired) electrons. The van der Waals surface area contributed by atoms with E-state index < -0.39 is 15.9 Å². The molecule has 154 valence electrons. The summed E-state index contributed by atoms with van der Waals surface area (Å²) in [6.07, 6.45) is 0. The van der Waals surface area contributed by atoms with Gasteiger partial charge in [-0.25, -0.2) is 8.42 Å². The summed E-state index contributed by atoms with van der Waals surface area (Å²) >= 11 is 5.98. The van der Waals surface area contributed by atoms with E-state index in [0.717, 1.165) is 5.56 Å². The van der Waals surface area contributed by atoms with E-state index in [2.05, 4.69) is 5.32 Å². The topological polar surface area (TPSA) is 86.8 Å². The maximum absolute atomic E-state index is 12.6. The molecule has 9 heteroatoms. The predicted molar refractivity (Wildman–Crippen MR) is 111 cm³/mol. The quantitative estimate of drug-likeness (QED) is 0.748. The summed E-state index contributed by atoms with van der Waals surface area (Å²) < 4.78 is 26.6. The molecule has 1 saturated heterocycles. The Hall–Kier alpha value is -2.42. The molecule has 0 aliphatic carbocycles. The number of rotatable bonds is 6. The minimum Gasteiger partial charge on any atom is -0.343 e. The second-order valence-electron chi connectivity index (χ2n) is 6.68. The molecule has 1 aliphatic rings. The number of sulfonamides is 1. The van der Waals surface area contributed by atoms with Gasteiger partial charge in [-0.3, -0.25) is 9.59 Å². The normalized spacial score (nSPS) is 15.1. The zero-order valence-corrected chi connectivity index (χ0v) is 17.3. The van der Waals surface area contributed by atoms with E-state index >= 15 is 0 Å². The van der Waals surface area contributed by atoms with Crippen LogP contribution in [0.4, 0.5) is 0 Å². The second kappa shape index (κ2) is 9.39. The van der Waals surface area contributed by atoms with Crippen molar-refractivity contribution >= 4 is 33.4 Å². The number of piperazine rings is 1. The first-order valence-electron chi connectivity index (χ1n) is 9.19. The van der Waals surface area contributed by atoms with Crippen LogP contribution in [0.2, 0.25) is 5.02 Å². The summed E-state index contributed by atoms with van der Waals surface area (Å²) in [6, 6.07) is 15.6. The Morgan fingerprint density at radius 3 is 2.21 bits per heavy atom. The van der Waals surface area contributed by atoms with Crippen LogP contribution in [0.25, 0.3) is 0 Å². The van der Waals surface area contributed by atoms with Gasteiger partial charge in [0.05, 0.1) is 22.9 Å². The van der Waals surface area contributed by atoms with Gasteiger partial charge in [0.15, 0.2) is 0 Å². The number of nitrogens with one attached hydrogen (secondary N) is 1. The number of hydrogen-bond donors (Lipinski definition) is 1. The number of carbonyl (C=O) groups excluding carboxylic acids is 2. The molecule has 0 saturated carbocycles. The highest BCUT2D eigenvalue weighted by Gasteiger charge is 2.29. The van der Waals surface area contributed by atoms with E-state index in [1.807, 2.05) is 6.07 Å². The smallest absolute Gasteiger partial charge is 0.253 e. The van der Waals surface area contributed by atoms with Crippen LogP contribution in [0.15, 0.2) is 54.6 Å². The summed E-state index contributed by atoms with van der Waals surface area (Å²) in [5, 5.41) is 2.88. The SMILES string of the molecule is O=C(NCC(=O)N1CCN(S(=O)(=O)Cc2ccccc2)CC1)c1ccccc1Cl. The highest BCUT2D eigenvalue weighted by atomic mass is 35.5. The number of amides is 2. The molecule has 3 rings (SSSR count). The minimum atomic E-state index is -3.44. The van der Waals surface area contributed by atoms with Crippen LogP contribution in [-0.2, 0) is 20.6 Å². The third-order valence-corrected chi connectivity index (χ3v) is 6.87. The van der Waals surface area contributed by atoms with Crippen LogP contribution in [0.5, 0.6) is 0 Å². The molecule has 1 aliphatic heterocycles. The van der Waals surface area contributed by atoms with Gasteiger partial charge in [-0.05, 0) is 17.7 Å². The fourth-order valence-electron chi connectivity index (χ4n) is 3.10. The number of carbonyl (C=O) groups is 2. The lowest BCUT2D eigenvalue weighted by Crippen LogP contribution is -2.52. The number of nitrogens with zero attached hydrogens (tertiary/aromatic N) is 2. The summed E-state index contributed by atoms with van der Waals surface area (Å²) in [4.78, 5) is 26.1. The summed E-state index contributed by atoms with van der Waals surface area (Å²) in [6.45, 7) is 0.878. The van der Waals surface area contributed by atoms with Crippen LogP contribution in [0.3, 0.4) is 0 Å². The van der Waals surface area contributed by atoms with Crippen molar-refractivity contribution in [3.8, 4) is 0 Å². The maximum atomic E-state index is 12.6. The molecule has 0 bridgehead atoms. The van der Waals surface area contributed by atoms with Crippen LogP contribution >= 0.6 is 11.6 Å². The molecule has 7 nitrogen and oxygen atoms in total. The van der Waals surface area contributed by atoms with Gasteiger partial charge in [-0.15, -0.1) is 0 Å². The lowest BCUT2D eigenvalue weighted by molar-refractivity contribution is -0.131. The minimum absolute atomic E-state index is 0.0598. The van der Waals surface area contributed by atoms with Crippen LogP contribution < -0.4 is 5.32 Å². The van der Waals surface area contributed by atoms with E-state index in [0.29, 0.717) is 10.6 Å². The Morgan fingerprint density at radius 1 is 0.931 bits per heavy atom. The summed E-state index contributed by atoms with van der Waals surface area (Å²) in [5.74, 6) is -0.742. The monoisotopic (exact) mass is 435 g/mol. The maximum Gasteiger partial charge on any atom is 0.253 e. The average molecular weight is 436 g/mol. The fourth-order valence-corrected chi connectivity index (χ4v) is 4.84. The first-order valence-corrected chi connectivity index (χ1v) is 11.2. The van der Waals surface area contributed by atoms with Gasteiger partial charge in [-0.2, -0.15) is 4.31 Å². The van der Waals surface area contributed by atoms with E-state index in [1.165, 1.54) is 4.31 Å². The van der Waals surface area contributed by atoms with Crippen molar-refractivity contribution in [1.29, 1.82) is 0 Å². The molecule has 2 aromatic rings. The molecule has 0 aromatic heterocycles. The third-order valence-electron chi connectivity index (χ3n) is 4.70. The number of halogens is 1. The molecule has 2 aromatic carbocycles. The van der Waals surface area contributed by atoms with Gasteiger partial charge in [0.25, 0.3) is 5.91 Å². The zero-order valence-electron chi connectivity index (χ0n) is 15.8. The third kappa shape index (κ3) is 5.56. The van der Waals surface area contributed by atoms with Gasteiger partial charge >= 0.3 is 0 Å². The van der Waals surface area contributed by atoms with Crippen LogP contribution in [0, 0.1) is 0 Å². The largest absolute Gasteiger partial charge is 0.343 e. The van der Waals surface area contributed by atoms with Crippen molar-refractivity contribution in [2.45, 2.75) is 5.75 Å². The lowest BCUT2D eigenvalue weighted by atomic mass is 10.2. The van der Waals surface area contributed by atoms with E-state index in [4.69, 9.17) is 11.6 Å². The molecule has 29 heavy (non-hydrogen) atoms. The summed E-state index contributed by atoms with van der Waals surface area (Å²) in [7, 11) is -3.44. The molecule has 2 amide bonds. The van der Waals surface area contributed by atoms with Gasteiger partial charge < -0.3 is 10.2 Å². The van der Waals surface area contributed by atoms with Crippen molar-refractivity contribution in [1.82, 2.24) is 14.5 Å². The molecular formula is C20H22ClN3O4S. The second-order valence-corrected chi connectivity index (χ2v) is 9.06. The Labute approximate surface area is 175 Å². The van der Waals surface area contributed by atoms with E-state index in [1.54, 1.807) is 53.4 Å². The molecular weight excluding hydrogens is 414 g/mol. The summed E-state index contributed by atoms with van der Waals surface area (Å²) in [5.41, 5.74) is 1.03. The average Bonchev–Trinajstić information content (AvgIpc) is 2.72. The van der Waals surface area contributed by atoms with Gasteiger partial charge in [0.2, 0.25) is 15.9 Å². The molecule has 1 N–H and O–H groups in total. The van der Waals surface area contributed by atoms with Crippen molar-refractivity contribution in [2.24, 2.45) is 0 Å². The van der Waals surface area contributed by atoms with Gasteiger partial charge in [0.1, 0.15) is 0 Å². The fraction of sp³-hybridized carbons (Fsp3) is 0.300. The molecule has 0 atom stereocenters. The Balaban J connectivity index is 1.49. The van der Waals surface area contributed by atoms with Crippen molar-refractivity contribution in [2.75, 3.05) is 32.7 Å². The lowest BCUT2D eigenvalue weighted by Gasteiger charge is -2.34. The Morgan fingerprint density at radius 2 is 1.55 bits per heavy atom. The van der Waals surface area contributed by atoms with E-state index in [-0.39, 0.29) is 44.4 Å². The van der Waals surface area contributed by atoms with Crippen LogP contribution in [-0.4, -0.2) is 62.2 Å². The van der Waals surface area contributed by atoms with Gasteiger partial charge in [-0.1, -0.05) is 54.1 Å². The number of benzene rings is 2. The number of hydrogen-bond acceptors (Lipinski definition) is 4. The molecule has 1 heterocycles. The zero-order chi connectivity index (χ0) is 20.9. The Kier molecular flexibility index (Phi) is 6.89. The van der Waals surface area contributed by atoms with Crippen molar-refractivity contribution in [3.63, 3.8) is 0 Å². The van der Waals surface area contributed by atoms with E-state index in [9.17, 15) is 18.0 Å². The van der Waals surface area contributed by atoms with Crippen LogP contribution in [0.1, 0.15) is 15.9 Å². The molecule has 1 fully saturated rings. The highest BCUT2D eigenvalue weighted by Crippen LogP contribution is 2.15. The first-order chi connectivity index (χ1) is 13.9. The highest BCUT2D eigenvalue weighted by molar-refractivity contribution is 7.88. The standard InChI is InChI=1S/C20H22ClN3O4S/c21-18-9-5-4-8-17(18)20(26)22-14-19(25)23-10-12-24(13-11-23)29(27,28)15-16-6-2-1-3-7-16/h1-9H,10-15H2,(H,22,26). The Bertz CT molecular complexity index is 974. The predicted octanol–water partition coefficient (Wildman–Crippen LogP) is 1.74. The van der Waals surface area contributed by atoms with Gasteiger partial charge in [0, 0.05) is 26.2 Å². The van der Waals surface area contributed by atoms with Crippen molar-refractivity contribution < 1.29 is 18.0 Å². The van der Waals surface area contributed by atoms with Crippen molar-refractivity contribution in [3.05, 3.63) is 70.7 Å². The molecule has 0 spiro atoms. The molecule has 0 unspecified atom stereocenters. The first kappa shape index (κ1) is 21.3.